The molecule has 0 aromatic heterocycles. The first kappa shape index (κ1) is 59.4. The van der Waals surface area contributed by atoms with E-state index < -0.39 is 57.6 Å². The van der Waals surface area contributed by atoms with E-state index in [4.69, 9.17) is 13.8 Å². The Balaban J connectivity index is 3.88. The first-order chi connectivity index (χ1) is 30.1. The van der Waals surface area contributed by atoms with Gasteiger partial charge in [0.1, 0.15) is 12.7 Å². The molecule has 0 aliphatic heterocycles. The molecule has 0 aromatic carbocycles. The number of hydrogen-bond acceptors (Lipinski definition) is 8. The number of carboxylic acids is 1. The first-order valence-electron chi connectivity index (χ1n) is 24.7. The molecule has 12 heteroatoms. The highest BCUT2D eigenvalue weighted by atomic mass is 31.2. The van der Waals surface area contributed by atoms with Crippen molar-refractivity contribution in [3.63, 3.8) is 0 Å². The van der Waals surface area contributed by atoms with E-state index in [1.807, 2.05) is 0 Å². The van der Waals surface area contributed by atoms with E-state index in [9.17, 15) is 34.1 Å². The molecule has 0 saturated carbocycles. The number of aliphatic hydroxyl groups is 1. The van der Waals surface area contributed by atoms with Crippen molar-refractivity contribution in [3.8, 4) is 0 Å². The number of esters is 1. The minimum atomic E-state index is -4.76. The van der Waals surface area contributed by atoms with E-state index in [0.29, 0.717) is 12.8 Å². The highest BCUT2D eigenvalue weighted by Crippen LogP contribution is 2.43. The first-order valence-corrected chi connectivity index (χ1v) is 26.2. The van der Waals surface area contributed by atoms with Gasteiger partial charge in [-0.05, 0) is 57.8 Å². The Morgan fingerprint density at radius 2 is 0.887 bits per heavy atom. The van der Waals surface area contributed by atoms with E-state index in [1.165, 1.54) is 109 Å². The summed E-state index contributed by atoms with van der Waals surface area (Å²) in [5, 5.41) is 21.9. The molecule has 0 bridgehead atoms. The average Bonchev–Trinajstić information content (AvgIpc) is 3.25. The molecule has 3 atom stereocenters. The van der Waals surface area contributed by atoms with Crippen LogP contribution in [0.15, 0.2) is 48.6 Å². The van der Waals surface area contributed by atoms with Crippen molar-refractivity contribution >= 4 is 25.7 Å². The fraction of sp³-hybridized carbons (Fsp3) is 0.780. The topological polar surface area (TPSA) is 169 Å². The molecular formula is C50H90NO10P. The van der Waals surface area contributed by atoms with Crippen LogP contribution in [0.1, 0.15) is 219 Å². The number of carbonyl (C=O) groups excluding carboxylic acids is 2. The molecule has 62 heavy (non-hydrogen) atoms. The Kier molecular flexibility index (Phi) is 43.2. The number of aliphatic hydroxyl groups excluding tert-OH is 1. The molecule has 11 nitrogen and oxygen atoms in total. The number of phosphoric ester groups is 1. The number of carboxylic acid groups (broad SMARTS) is 1. The normalized spacial score (nSPS) is 14.0. The van der Waals surface area contributed by atoms with E-state index in [-0.39, 0.29) is 12.8 Å². The maximum absolute atomic E-state index is 12.3. The van der Waals surface area contributed by atoms with Crippen LogP contribution in [0.3, 0.4) is 0 Å². The predicted octanol–water partition coefficient (Wildman–Crippen LogP) is 13.3. The van der Waals surface area contributed by atoms with Gasteiger partial charge in [-0.2, -0.15) is 0 Å². The largest absolute Gasteiger partial charge is 0.480 e. The van der Waals surface area contributed by atoms with Crippen molar-refractivity contribution in [3.05, 3.63) is 48.6 Å². The highest BCUT2D eigenvalue weighted by Gasteiger charge is 2.28. The Bertz CT molecular complexity index is 1240. The van der Waals surface area contributed by atoms with E-state index >= 15 is 0 Å². The molecule has 0 aliphatic rings. The summed E-state index contributed by atoms with van der Waals surface area (Å²) in [6.07, 6.45) is 51.2. The number of allylic oxidation sites excluding steroid dienone is 8. The number of nitrogens with one attached hydrogen (secondary N) is 1. The molecule has 0 aliphatic carbocycles. The summed E-state index contributed by atoms with van der Waals surface area (Å²) in [6, 6.07) is -1.55. The van der Waals surface area contributed by atoms with E-state index in [0.717, 1.165) is 70.6 Å². The number of ether oxygens (including phenoxy) is 1. The van der Waals surface area contributed by atoms with Crippen molar-refractivity contribution in [2.24, 2.45) is 0 Å². The van der Waals surface area contributed by atoms with Crippen LogP contribution in [-0.2, 0) is 32.7 Å². The molecule has 360 valence electrons. The van der Waals surface area contributed by atoms with Crippen molar-refractivity contribution in [1.29, 1.82) is 0 Å². The van der Waals surface area contributed by atoms with Crippen molar-refractivity contribution in [2.75, 3.05) is 19.8 Å². The van der Waals surface area contributed by atoms with Gasteiger partial charge in [-0.3, -0.25) is 18.6 Å². The van der Waals surface area contributed by atoms with E-state index in [1.54, 1.807) is 0 Å². The van der Waals surface area contributed by atoms with Gasteiger partial charge >= 0.3 is 19.8 Å². The van der Waals surface area contributed by atoms with Crippen LogP contribution >= 0.6 is 7.82 Å². The molecule has 0 aromatic rings. The van der Waals surface area contributed by atoms with Crippen LogP contribution in [0.5, 0.6) is 0 Å². The molecule has 0 radical (unpaired) electrons. The Hall–Kier alpha value is -2.56. The van der Waals surface area contributed by atoms with E-state index in [2.05, 4.69) is 67.8 Å². The summed E-state index contributed by atoms with van der Waals surface area (Å²) >= 11 is 0. The number of hydrogen-bond donors (Lipinski definition) is 4. The number of aliphatic carboxylic acids is 1. The minimum absolute atomic E-state index is 0.147. The summed E-state index contributed by atoms with van der Waals surface area (Å²) in [7, 11) is -4.76. The minimum Gasteiger partial charge on any atom is -0.480 e. The molecule has 1 amide bonds. The fourth-order valence-corrected chi connectivity index (χ4v) is 7.54. The Morgan fingerprint density at radius 1 is 0.516 bits per heavy atom. The maximum atomic E-state index is 12.3. The SMILES string of the molecule is CCCCC/C=C\C/C=C\C/C=C\C/C=C\CCCCCCCC(=O)OCC(O)COP(=O)(O)OCC(NC(=O)CCCCCCCCCCCCCCCCCCC)C(=O)O. The smallest absolute Gasteiger partial charge is 0.472 e. The average molecular weight is 896 g/mol. The number of unbranched alkanes of at least 4 members (excludes halogenated alkanes) is 24. The van der Waals surface area contributed by atoms with Gasteiger partial charge in [0.25, 0.3) is 0 Å². The van der Waals surface area contributed by atoms with Crippen LogP contribution in [0.2, 0.25) is 0 Å². The number of phosphoric acid groups is 1. The molecule has 0 heterocycles. The second kappa shape index (κ2) is 45.0. The summed E-state index contributed by atoms with van der Waals surface area (Å²) in [4.78, 5) is 46.1. The third-order valence-electron chi connectivity index (χ3n) is 10.6. The third-order valence-corrected chi connectivity index (χ3v) is 11.6. The van der Waals surface area contributed by atoms with Gasteiger partial charge in [0, 0.05) is 12.8 Å². The number of amides is 1. The zero-order chi connectivity index (χ0) is 45.6. The third kappa shape index (κ3) is 44.1. The van der Waals surface area contributed by atoms with Crippen LogP contribution < -0.4 is 5.32 Å². The highest BCUT2D eigenvalue weighted by molar-refractivity contribution is 7.47. The Morgan fingerprint density at radius 3 is 1.35 bits per heavy atom. The van der Waals surface area contributed by atoms with Crippen LogP contribution in [0.4, 0.5) is 0 Å². The lowest BCUT2D eigenvalue weighted by molar-refractivity contribution is -0.147. The lowest BCUT2D eigenvalue weighted by atomic mass is 10.0. The van der Waals surface area contributed by atoms with Gasteiger partial charge in [0.2, 0.25) is 5.91 Å². The lowest BCUT2D eigenvalue weighted by Crippen LogP contribution is -2.43. The summed E-state index contributed by atoms with van der Waals surface area (Å²) in [6.45, 7) is 2.57. The van der Waals surface area contributed by atoms with Gasteiger partial charge < -0.3 is 25.2 Å². The standard InChI is InChI=1S/C50H90NO10P/c1-3-5-7-9-11-13-15-17-19-21-22-23-24-26-28-30-32-34-36-38-40-42-49(54)59-43-46(52)44-60-62(57,58)61-45-47(50(55)56)51-48(53)41-39-37-35-33-31-29-27-25-20-18-16-14-12-10-8-6-4-2/h11,13,17,19,22-23,26,28,46-47,52H,3-10,12,14-16,18,20-21,24-25,27,29-45H2,1-2H3,(H,51,53)(H,55,56)(H,57,58)/b13-11-,19-17-,23-22-,28-26-. The second-order valence-corrected chi connectivity index (χ2v) is 18.1. The van der Waals surface area contributed by atoms with Crippen molar-refractivity contribution in [2.45, 2.75) is 231 Å². The lowest BCUT2D eigenvalue weighted by Gasteiger charge is -2.18. The van der Waals surface area contributed by atoms with Gasteiger partial charge in [-0.1, -0.05) is 197 Å². The fourth-order valence-electron chi connectivity index (χ4n) is 6.77. The van der Waals surface area contributed by atoms with Gasteiger partial charge in [-0.15, -0.1) is 0 Å². The summed E-state index contributed by atoms with van der Waals surface area (Å²) in [5.74, 6) is -2.38. The van der Waals surface area contributed by atoms with Gasteiger partial charge in [0.15, 0.2) is 6.04 Å². The zero-order valence-corrected chi connectivity index (χ0v) is 40.1. The monoisotopic (exact) mass is 896 g/mol. The predicted molar refractivity (Wildman–Crippen MR) is 254 cm³/mol. The number of rotatable bonds is 46. The van der Waals surface area contributed by atoms with Crippen LogP contribution in [0, 0.1) is 0 Å². The summed E-state index contributed by atoms with van der Waals surface area (Å²) in [5.41, 5.74) is 0. The zero-order valence-electron chi connectivity index (χ0n) is 39.2. The molecule has 4 N–H and O–H groups in total. The molecular weight excluding hydrogens is 806 g/mol. The summed E-state index contributed by atoms with van der Waals surface area (Å²) < 4.78 is 26.9. The van der Waals surface area contributed by atoms with Gasteiger partial charge in [0.05, 0.1) is 13.2 Å². The van der Waals surface area contributed by atoms with Crippen molar-refractivity contribution < 1.29 is 47.8 Å². The maximum Gasteiger partial charge on any atom is 0.472 e. The molecule has 3 unspecified atom stereocenters. The Labute approximate surface area is 377 Å². The molecule has 0 fully saturated rings. The number of carbonyl (C=O) groups is 3. The molecule has 0 saturated heterocycles. The second-order valence-electron chi connectivity index (χ2n) is 16.7. The molecule has 0 spiro atoms. The quantitative estimate of drug-likeness (QED) is 0.0200. The van der Waals surface area contributed by atoms with Gasteiger partial charge in [-0.25, -0.2) is 9.36 Å². The van der Waals surface area contributed by atoms with Crippen LogP contribution in [0.25, 0.3) is 0 Å². The van der Waals surface area contributed by atoms with Crippen molar-refractivity contribution in [1.82, 2.24) is 5.32 Å². The van der Waals surface area contributed by atoms with Crippen LogP contribution in [-0.4, -0.2) is 64.9 Å². The molecule has 0 rings (SSSR count).